The third-order valence-electron chi connectivity index (χ3n) is 7.18. The van der Waals surface area contributed by atoms with Gasteiger partial charge in [0.15, 0.2) is 5.78 Å². The summed E-state index contributed by atoms with van der Waals surface area (Å²) in [7, 11) is 3.09. The van der Waals surface area contributed by atoms with E-state index < -0.39 is 5.92 Å². The van der Waals surface area contributed by atoms with Crippen LogP contribution in [-0.4, -0.2) is 26.0 Å². The molecule has 3 aliphatic rings. The van der Waals surface area contributed by atoms with E-state index in [4.69, 9.17) is 9.47 Å². The first-order valence-electron chi connectivity index (χ1n) is 9.28. The molecule has 25 heavy (non-hydrogen) atoms. The number of hydrogen-bond donors (Lipinski definition) is 0. The van der Waals surface area contributed by atoms with Crippen LogP contribution in [0, 0.1) is 23.2 Å². The molecule has 2 fully saturated rings. The Morgan fingerprint density at radius 3 is 2.76 bits per heavy atom. The molecular weight excluding hydrogens is 316 g/mol. The standard InChI is InChI=1S/C21H26O4/c1-21-9-8-15-14-7-5-13(24-2)10-12(14)4-6-16(15)18(21)11-17(19(21)22)20(23)25-3/h5,7,10,15-18H,4,6,8-9,11H2,1-3H3/t15-,16-,17?,18+,21+/m1/s1. The van der Waals surface area contributed by atoms with E-state index in [0.29, 0.717) is 18.3 Å². The molecule has 1 aromatic carbocycles. The summed E-state index contributed by atoms with van der Waals surface area (Å²) in [4.78, 5) is 25.0. The number of aryl methyl sites for hydroxylation is 1. The number of ketones is 1. The molecule has 0 aromatic heterocycles. The van der Waals surface area contributed by atoms with Crippen molar-refractivity contribution in [2.75, 3.05) is 14.2 Å². The largest absolute Gasteiger partial charge is 0.497 e. The van der Waals surface area contributed by atoms with Crippen LogP contribution in [0.4, 0.5) is 0 Å². The predicted octanol–water partition coefficient (Wildman–Crippen LogP) is 3.52. The predicted molar refractivity (Wildman–Crippen MR) is 93.5 cm³/mol. The van der Waals surface area contributed by atoms with Gasteiger partial charge >= 0.3 is 5.97 Å². The summed E-state index contributed by atoms with van der Waals surface area (Å²) in [5.74, 6) is 1.39. The minimum atomic E-state index is -0.559. The molecule has 2 saturated carbocycles. The average molecular weight is 342 g/mol. The number of carbonyl (C=O) groups excluding carboxylic acids is 2. The molecule has 4 heteroatoms. The second kappa shape index (κ2) is 5.86. The Labute approximate surface area is 148 Å². The average Bonchev–Trinajstić information content (AvgIpc) is 2.91. The monoisotopic (exact) mass is 342 g/mol. The highest BCUT2D eigenvalue weighted by molar-refractivity contribution is 6.03. The van der Waals surface area contributed by atoms with Crippen molar-refractivity contribution in [2.45, 2.75) is 44.9 Å². The summed E-state index contributed by atoms with van der Waals surface area (Å²) in [6, 6.07) is 6.42. The van der Waals surface area contributed by atoms with E-state index in [1.54, 1.807) is 7.11 Å². The van der Waals surface area contributed by atoms with Crippen molar-refractivity contribution in [1.29, 1.82) is 0 Å². The van der Waals surface area contributed by atoms with E-state index in [0.717, 1.165) is 31.4 Å². The van der Waals surface area contributed by atoms with Gasteiger partial charge in [-0.05, 0) is 73.1 Å². The van der Waals surface area contributed by atoms with Crippen LogP contribution in [0.1, 0.15) is 49.7 Å². The minimum Gasteiger partial charge on any atom is -0.497 e. The second-order valence-electron chi connectivity index (χ2n) is 8.11. The zero-order valence-electron chi connectivity index (χ0n) is 15.2. The molecule has 0 bridgehead atoms. The van der Waals surface area contributed by atoms with E-state index >= 15 is 0 Å². The zero-order valence-corrected chi connectivity index (χ0v) is 15.2. The number of benzene rings is 1. The summed E-state index contributed by atoms with van der Waals surface area (Å²) >= 11 is 0. The Morgan fingerprint density at radius 2 is 2.04 bits per heavy atom. The van der Waals surface area contributed by atoms with Crippen molar-refractivity contribution in [2.24, 2.45) is 23.2 Å². The Kier molecular flexibility index (Phi) is 3.89. The number of Topliss-reactive ketones (excluding diaryl/α,β-unsaturated/α-hetero) is 1. The van der Waals surface area contributed by atoms with Crippen LogP contribution in [0.3, 0.4) is 0 Å². The Balaban J connectivity index is 1.67. The number of methoxy groups -OCH3 is 2. The lowest BCUT2D eigenvalue weighted by Crippen LogP contribution is -2.42. The molecule has 0 spiro atoms. The van der Waals surface area contributed by atoms with Crippen molar-refractivity contribution in [3.8, 4) is 5.75 Å². The van der Waals surface area contributed by atoms with Gasteiger partial charge in [0.05, 0.1) is 14.2 Å². The van der Waals surface area contributed by atoms with Gasteiger partial charge in [-0.3, -0.25) is 9.59 Å². The molecule has 4 rings (SSSR count). The van der Waals surface area contributed by atoms with Gasteiger partial charge in [-0.1, -0.05) is 13.0 Å². The maximum absolute atomic E-state index is 12.9. The lowest BCUT2D eigenvalue weighted by molar-refractivity contribution is -0.149. The first kappa shape index (κ1) is 16.6. The molecular formula is C21H26O4. The molecule has 3 aliphatic carbocycles. The third-order valence-corrected chi connectivity index (χ3v) is 7.18. The number of fused-ring (bicyclic) bond motifs is 5. The van der Waals surface area contributed by atoms with Crippen molar-refractivity contribution in [1.82, 2.24) is 0 Å². The van der Waals surface area contributed by atoms with Crippen LogP contribution >= 0.6 is 0 Å². The highest BCUT2D eigenvalue weighted by Crippen LogP contribution is 2.60. The molecule has 4 nitrogen and oxygen atoms in total. The third kappa shape index (κ3) is 2.33. The van der Waals surface area contributed by atoms with Crippen molar-refractivity contribution >= 4 is 11.8 Å². The zero-order chi connectivity index (χ0) is 17.8. The fourth-order valence-electron chi connectivity index (χ4n) is 5.85. The number of esters is 1. The summed E-state index contributed by atoms with van der Waals surface area (Å²) in [6.07, 6.45) is 4.67. The molecule has 1 aromatic rings. The van der Waals surface area contributed by atoms with E-state index in [9.17, 15) is 9.59 Å². The van der Waals surface area contributed by atoms with Crippen LogP contribution in [0.15, 0.2) is 18.2 Å². The Morgan fingerprint density at radius 1 is 1.24 bits per heavy atom. The molecule has 0 radical (unpaired) electrons. The summed E-state index contributed by atoms with van der Waals surface area (Å²) < 4.78 is 10.3. The van der Waals surface area contributed by atoms with Crippen LogP contribution < -0.4 is 4.74 Å². The Hall–Kier alpha value is -1.84. The molecule has 0 saturated heterocycles. The van der Waals surface area contributed by atoms with Gasteiger partial charge in [0.1, 0.15) is 11.7 Å². The summed E-state index contributed by atoms with van der Waals surface area (Å²) in [5, 5.41) is 0. The van der Waals surface area contributed by atoms with Crippen LogP contribution in [0.5, 0.6) is 5.75 Å². The van der Waals surface area contributed by atoms with Crippen molar-refractivity contribution < 1.29 is 19.1 Å². The molecule has 0 amide bonds. The first-order chi connectivity index (χ1) is 12.0. The minimum absolute atomic E-state index is 0.114. The highest BCUT2D eigenvalue weighted by Gasteiger charge is 2.59. The molecule has 1 unspecified atom stereocenters. The van der Waals surface area contributed by atoms with Gasteiger partial charge in [-0.25, -0.2) is 0 Å². The normalized spacial score (nSPS) is 36.2. The molecule has 134 valence electrons. The maximum Gasteiger partial charge on any atom is 0.316 e. The van der Waals surface area contributed by atoms with Gasteiger partial charge in [0, 0.05) is 5.41 Å². The topological polar surface area (TPSA) is 52.6 Å². The van der Waals surface area contributed by atoms with Crippen LogP contribution in [0.2, 0.25) is 0 Å². The quantitative estimate of drug-likeness (QED) is 0.609. The van der Waals surface area contributed by atoms with Crippen LogP contribution in [0.25, 0.3) is 0 Å². The van der Waals surface area contributed by atoms with Crippen molar-refractivity contribution in [3.05, 3.63) is 29.3 Å². The van der Waals surface area contributed by atoms with Gasteiger partial charge in [-0.15, -0.1) is 0 Å². The second-order valence-corrected chi connectivity index (χ2v) is 8.11. The van der Waals surface area contributed by atoms with E-state index in [1.807, 2.05) is 6.07 Å². The SMILES string of the molecule is COC(=O)C1C[C@H]2[C@@H]3CCc4cc(OC)ccc4[C@H]3CC[C@]2(C)C1=O. The lowest BCUT2D eigenvalue weighted by Gasteiger charge is -2.48. The molecule has 0 N–H and O–H groups in total. The van der Waals surface area contributed by atoms with E-state index in [2.05, 4.69) is 19.1 Å². The van der Waals surface area contributed by atoms with Gasteiger partial charge in [-0.2, -0.15) is 0 Å². The molecule has 0 heterocycles. The van der Waals surface area contributed by atoms with Gasteiger partial charge in [0.2, 0.25) is 0 Å². The summed E-state index contributed by atoms with van der Waals surface area (Å²) in [6.45, 7) is 2.09. The van der Waals surface area contributed by atoms with Gasteiger partial charge in [0.25, 0.3) is 0 Å². The first-order valence-corrected chi connectivity index (χ1v) is 9.28. The fraction of sp³-hybridized carbons (Fsp3) is 0.619. The number of ether oxygens (including phenoxy) is 2. The van der Waals surface area contributed by atoms with E-state index in [-0.39, 0.29) is 23.1 Å². The fourth-order valence-corrected chi connectivity index (χ4v) is 5.85. The number of rotatable bonds is 2. The van der Waals surface area contributed by atoms with Crippen molar-refractivity contribution in [3.63, 3.8) is 0 Å². The number of carbonyl (C=O) groups is 2. The lowest BCUT2D eigenvalue weighted by atomic mass is 9.55. The number of hydrogen-bond acceptors (Lipinski definition) is 4. The maximum atomic E-state index is 12.9. The smallest absolute Gasteiger partial charge is 0.316 e. The van der Waals surface area contributed by atoms with Crippen LogP contribution in [-0.2, 0) is 20.7 Å². The summed E-state index contributed by atoms with van der Waals surface area (Å²) in [5.41, 5.74) is 2.45. The molecule has 5 atom stereocenters. The van der Waals surface area contributed by atoms with E-state index in [1.165, 1.54) is 18.2 Å². The highest BCUT2D eigenvalue weighted by atomic mass is 16.5. The van der Waals surface area contributed by atoms with Gasteiger partial charge < -0.3 is 9.47 Å². The molecule has 0 aliphatic heterocycles. The Bertz CT molecular complexity index is 725.